The first-order chi connectivity index (χ1) is 14.6. The fourth-order valence-corrected chi connectivity index (χ4v) is 3.55. The summed E-state index contributed by atoms with van der Waals surface area (Å²) < 4.78 is 0. The van der Waals surface area contributed by atoms with E-state index >= 15 is 0 Å². The zero-order valence-corrected chi connectivity index (χ0v) is 15.8. The second kappa shape index (κ2) is 7.97. The largest absolute Gasteiger partial charge is 0.277 e. The number of hydrogen-bond donors (Lipinski definition) is 0. The van der Waals surface area contributed by atoms with Gasteiger partial charge in [0.15, 0.2) is 0 Å². The summed E-state index contributed by atoms with van der Waals surface area (Å²) in [5.74, 6) is 0. The van der Waals surface area contributed by atoms with E-state index in [2.05, 4.69) is 0 Å². The van der Waals surface area contributed by atoms with Crippen molar-refractivity contribution in [3.8, 4) is 33.4 Å². The Bertz CT molecular complexity index is 1220. The van der Waals surface area contributed by atoms with Gasteiger partial charge < -0.3 is 0 Å². The average Bonchev–Trinajstić information content (AvgIpc) is 2.79. The lowest BCUT2D eigenvalue weighted by Gasteiger charge is -2.16. The zero-order valence-electron chi connectivity index (χ0n) is 15.8. The summed E-state index contributed by atoms with van der Waals surface area (Å²) in [7, 11) is 0. The summed E-state index contributed by atoms with van der Waals surface area (Å²) in [6.07, 6.45) is 0. The van der Waals surface area contributed by atoms with Gasteiger partial charge in [0.05, 0.1) is 15.4 Å². The van der Waals surface area contributed by atoms with Gasteiger partial charge in [-0.3, -0.25) is 20.2 Å². The summed E-state index contributed by atoms with van der Waals surface area (Å²) in [6.45, 7) is 0. The van der Waals surface area contributed by atoms with Crippen LogP contribution in [0.4, 0.5) is 11.4 Å². The molecule has 0 saturated carbocycles. The van der Waals surface area contributed by atoms with E-state index in [4.69, 9.17) is 0 Å². The van der Waals surface area contributed by atoms with Gasteiger partial charge in [0.1, 0.15) is 0 Å². The standard InChI is InChI=1S/C24H16N2O4/c27-25(28)20-13-11-17(12-14-20)21-15-16-22(26(29)30)24(19-9-5-2-6-10-19)23(21)18-7-3-1-4-8-18/h1-16H. The van der Waals surface area contributed by atoms with Crippen LogP contribution in [-0.2, 0) is 0 Å². The smallest absolute Gasteiger partial charge is 0.258 e. The van der Waals surface area contributed by atoms with E-state index in [0.29, 0.717) is 11.1 Å². The fraction of sp³-hybridized carbons (Fsp3) is 0. The number of nitro groups is 2. The number of hydrogen-bond acceptors (Lipinski definition) is 4. The maximum absolute atomic E-state index is 11.9. The molecule has 0 atom stereocenters. The maximum Gasteiger partial charge on any atom is 0.277 e. The van der Waals surface area contributed by atoms with Crippen LogP contribution in [-0.4, -0.2) is 9.85 Å². The summed E-state index contributed by atoms with van der Waals surface area (Å²) >= 11 is 0. The third-order valence-electron chi connectivity index (χ3n) is 4.89. The summed E-state index contributed by atoms with van der Waals surface area (Å²) in [6, 6.07) is 28.1. The molecule has 0 saturated heterocycles. The topological polar surface area (TPSA) is 86.3 Å². The zero-order chi connectivity index (χ0) is 21.1. The number of nitro benzene ring substituents is 2. The Balaban J connectivity index is 2.06. The number of non-ortho nitro benzene ring substituents is 1. The molecule has 0 aliphatic heterocycles. The highest BCUT2D eigenvalue weighted by Crippen LogP contribution is 2.45. The molecule has 4 aromatic rings. The van der Waals surface area contributed by atoms with Gasteiger partial charge >= 0.3 is 0 Å². The molecule has 6 nitrogen and oxygen atoms in total. The first-order valence-electron chi connectivity index (χ1n) is 9.23. The minimum absolute atomic E-state index is 0.00529. The van der Waals surface area contributed by atoms with Crippen LogP contribution in [0.3, 0.4) is 0 Å². The predicted molar refractivity (Wildman–Crippen MR) is 116 cm³/mol. The Labute approximate surface area is 172 Å². The molecule has 0 N–H and O–H groups in total. The maximum atomic E-state index is 11.9. The van der Waals surface area contributed by atoms with Crippen LogP contribution in [0, 0.1) is 20.2 Å². The minimum atomic E-state index is -0.451. The van der Waals surface area contributed by atoms with E-state index in [-0.39, 0.29) is 16.3 Å². The molecule has 0 aliphatic rings. The van der Waals surface area contributed by atoms with Gasteiger partial charge in [-0.1, -0.05) is 60.7 Å². The molecule has 4 rings (SSSR count). The molecule has 30 heavy (non-hydrogen) atoms. The third-order valence-corrected chi connectivity index (χ3v) is 4.89. The first-order valence-corrected chi connectivity index (χ1v) is 9.23. The highest BCUT2D eigenvalue weighted by molar-refractivity contribution is 5.98. The molecular weight excluding hydrogens is 380 g/mol. The number of nitrogens with zero attached hydrogens (tertiary/aromatic N) is 2. The Kier molecular flexibility index (Phi) is 5.05. The lowest BCUT2D eigenvalue weighted by molar-refractivity contribution is -0.384. The van der Waals surface area contributed by atoms with Gasteiger partial charge in [0.25, 0.3) is 11.4 Å². The lowest BCUT2D eigenvalue weighted by atomic mass is 9.86. The molecule has 0 unspecified atom stereocenters. The van der Waals surface area contributed by atoms with E-state index < -0.39 is 4.92 Å². The molecule has 0 amide bonds. The van der Waals surface area contributed by atoms with Crippen LogP contribution in [0.5, 0.6) is 0 Å². The quantitative estimate of drug-likeness (QED) is 0.284. The van der Waals surface area contributed by atoms with E-state index in [9.17, 15) is 20.2 Å². The van der Waals surface area contributed by atoms with Crippen molar-refractivity contribution < 1.29 is 9.85 Å². The minimum Gasteiger partial charge on any atom is -0.258 e. The van der Waals surface area contributed by atoms with Gasteiger partial charge in [0, 0.05) is 23.8 Å². The molecule has 0 radical (unpaired) electrons. The number of rotatable bonds is 5. The molecule has 0 aliphatic carbocycles. The van der Waals surface area contributed by atoms with E-state index in [1.807, 2.05) is 60.7 Å². The van der Waals surface area contributed by atoms with Gasteiger partial charge in [0.2, 0.25) is 0 Å². The normalized spacial score (nSPS) is 10.5. The van der Waals surface area contributed by atoms with Crippen LogP contribution in [0.15, 0.2) is 97.1 Å². The van der Waals surface area contributed by atoms with Gasteiger partial charge in [-0.05, 0) is 40.5 Å². The summed E-state index contributed by atoms with van der Waals surface area (Å²) in [5.41, 5.74) is 4.29. The second-order valence-corrected chi connectivity index (χ2v) is 6.68. The Morgan fingerprint density at radius 3 is 1.53 bits per heavy atom. The van der Waals surface area contributed by atoms with Crippen LogP contribution < -0.4 is 0 Å². The fourth-order valence-electron chi connectivity index (χ4n) is 3.55. The van der Waals surface area contributed by atoms with Crippen LogP contribution in [0.2, 0.25) is 0 Å². The van der Waals surface area contributed by atoms with Crippen molar-refractivity contribution in [3.05, 3.63) is 117 Å². The Morgan fingerprint density at radius 1 is 0.500 bits per heavy atom. The van der Waals surface area contributed by atoms with Crippen molar-refractivity contribution in [2.24, 2.45) is 0 Å². The molecule has 146 valence electrons. The van der Waals surface area contributed by atoms with E-state index in [1.54, 1.807) is 18.2 Å². The van der Waals surface area contributed by atoms with Crippen LogP contribution >= 0.6 is 0 Å². The molecule has 0 bridgehead atoms. The van der Waals surface area contributed by atoms with Crippen molar-refractivity contribution in [1.82, 2.24) is 0 Å². The highest BCUT2D eigenvalue weighted by Gasteiger charge is 2.24. The van der Waals surface area contributed by atoms with Crippen LogP contribution in [0.1, 0.15) is 0 Å². The van der Waals surface area contributed by atoms with Crippen LogP contribution in [0.25, 0.3) is 33.4 Å². The molecule has 0 fully saturated rings. The lowest BCUT2D eigenvalue weighted by Crippen LogP contribution is -1.97. The summed E-state index contributed by atoms with van der Waals surface area (Å²) in [4.78, 5) is 22.1. The average molecular weight is 396 g/mol. The molecule has 6 heteroatoms. The van der Waals surface area contributed by atoms with Crippen molar-refractivity contribution in [1.29, 1.82) is 0 Å². The monoisotopic (exact) mass is 396 g/mol. The molecule has 4 aromatic carbocycles. The Hall–Kier alpha value is -4.32. The Morgan fingerprint density at radius 2 is 1.03 bits per heavy atom. The predicted octanol–water partition coefficient (Wildman–Crippen LogP) is 6.50. The summed E-state index contributed by atoms with van der Waals surface area (Å²) in [5, 5.41) is 22.9. The molecule has 0 spiro atoms. The van der Waals surface area contributed by atoms with Gasteiger partial charge in [-0.15, -0.1) is 0 Å². The van der Waals surface area contributed by atoms with E-state index in [0.717, 1.165) is 22.3 Å². The van der Waals surface area contributed by atoms with Gasteiger partial charge in [-0.2, -0.15) is 0 Å². The highest BCUT2D eigenvalue weighted by atomic mass is 16.6. The SMILES string of the molecule is O=[N+]([O-])c1ccc(-c2ccc([N+](=O)[O-])c(-c3ccccc3)c2-c2ccccc2)cc1. The second-order valence-electron chi connectivity index (χ2n) is 6.68. The van der Waals surface area contributed by atoms with Crippen molar-refractivity contribution in [3.63, 3.8) is 0 Å². The molecule has 0 heterocycles. The molecular formula is C24H16N2O4. The van der Waals surface area contributed by atoms with Crippen molar-refractivity contribution in [2.45, 2.75) is 0 Å². The van der Waals surface area contributed by atoms with Gasteiger partial charge in [-0.25, -0.2) is 0 Å². The van der Waals surface area contributed by atoms with Crippen molar-refractivity contribution in [2.75, 3.05) is 0 Å². The molecule has 0 aromatic heterocycles. The number of benzene rings is 4. The van der Waals surface area contributed by atoms with E-state index in [1.165, 1.54) is 18.2 Å². The first kappa shape index (κ1) is 19.0. The third kappa shape index (κ3) is 3.54. The van der Waals surface area contributed by atoms with Crippen molar-refractivity contribution >= 4 is 11.4 Å².